The van der Waals surface area contributed by atoms with E-state index in [1.54, 1.807) is 6.20 Å². The highest BCUT2D eigenvalue weighted by Crippen LogP contribution is 2.25. The van der Waals surface area contributed by atoms with Crippen LogP contribution >= 0.6 is 35.6 Å². The van der Waals surface area contributed by atoms with E-state index in [0.29, 0.717) is 17.6 Å². The Morgan fingerprint density at radius 3 is 2.87 bits per heavy atom. The lowest BCUT2D eigenvalue weighted by molar-refractivity contribution is 0.306. The molecule has 2 N–H and O–H groups in total. The molecular formula is C20H32ClIN8. The molecule has 3 rings (SSSR count). The summed E-state index contributed by atoms with van der Waals surface area (Å²) in [6.07, 6.45) is 6.75. The quantitative estimate of drug-likeness (QED) is 0.316. The van der Waals surface area contributed by atoms with Crippen molar-refractivity contribution in [1.29, 1.82) is 0 Å². The smallest absolute Gasteiger partial charge is 0.191 e. The number of hydrogen-bond acceptors (Lipinski definition) is 5. The number of halogens is 2. The standard InChI is InChI=1S/C20H31ClN8.HI/c1-5-22-20(24-12-18(27(2)3)15-11-25-28(4)13-15)26-16-8-10-29(14-16)19-17(21)7-6-9-23-19;/h6-7,9,11,13,16,18H,5,8,10,12,14H2,1-4H3,(H2,22,24,26);1H. The van der Waals surface area contributed by atoms with Crippen LogP contribution in [0.25, 0.3) is 0 Å². The van der Waals surface area contributed by atoms with Crippen LogP contribution in [0.2, 0.25) is 5.02 Å². The Bertz CT molecular complexity index is 825. The molecule has 30 heavy (non-hydrogen) atoms. The SMILES string of the molecule is CCNC(=NCC(c1cnn(C)c1)N(C)C)NC1CCN(c2ncccc2Cl)C1.I. The van der Waals surface area contributed by atoms with E-state index in [1.807, 2.05) is 36.3 Å². The van der Waals surface area contributed by atoms with E-state index in [4.69, 9.17) is 16.6 Å². The number of aryl methyl sites for hydroxylation is 1. The number of rotatable bonds is 7. The van der Waals surface area contributed by atoms with E-state index >= 15 is 0 Å². The van der Waals surface area contributed by atoms with Crippen molar-refractivity contribution in [2.45, 2.75) is 25.4 Å². The summed E-state index contributed by atoms with van der Waals surface area (Å²) in [7, 11) is 6.07. The van der Waals surface area contributed by atoms with Gasteiger partial charge in [-0.05, 0) is 39.6 Å². The summed E-state index contributed by atoms with van der Waals surface area (Å²) >= 11 is 6.31. The minimum absolute atomic E-state index is 0. The molecular weight excluding hydrogens is 515 g/mol. The first-order valence-electron chi connectivity index (χ1n) is 10.0. The monoisotopic (exact) mass is 546 g/mol. The molecule has 0 aliphatic carbocycles. The molecule has 1 saturated heterocycles. The molecule has 1 aliphatic heterocycles. The molecule has 166 valence electrons. The Labute approximate surface area is 201 Å². The second-order valence-electron chi connectivity index (χ2n) is 7.53. The maximum absolute atomic E-state index is 6.31. The van der Waals surface area contributed by atoms with Crippen LogP contribution in [0, 0.1) is 0 Å². The fourth-order valence-electron chi connectivity index (χ4n) is 3.55. The highest BCUT2D eigenvalue weighted by molar-refractivity contribution is 14.0. The second-order valence-corrected chi connectivity index (χ2v) is 7.94. The van der Waals surface area contributed by atoms with Crippen molar-refractivity contribution >= 4 is 47.4 Å². The van der Waals surface area contributed by atoms with E-state index in [0.717, 1.165) is 43.4 Å². The predicted molar refractivity (Wildman–Crippen MR) is 134 cm³/mol. The Morgan fingerprint density at radius 2 is 2.23 bits per heavy atom. The minimum Gasteiger partial charge on any atom is -0.357 e. The van der Waals surface area contributed by atoms with Gasteiger partial charge in [-0.1, -0.05) is 11.6 Å². The van der Waals surface area contributed by atoms with Crippen LogP contribution < -0.4 is 15.5 Å². The molecule has 2 atom stereocenters. The first-order valence-corrected chi connectivity index (χ1v) is 10.4. The molecule has 0 aromatic carbocycles. The zero-order valence-electron chi connectivity index (χ0n) is 18.0. The lowest BCUT2D eigenvalue weighted by Crippen LogP contribution is -2.45. The topological polar surface area (TPSA) is 73.6 Å². The molecule has 1 fully saturated rings. The summed E-state index contributed by atoms with van der Waals surface area (Å²) < 4.78 is 1.83. The van der Waals surface area contributed by atoms with Crippen molar-refractivity contribution in [3.8, 4) is 0 Å². The van der Waals surface area contributed by atoms with Crippen molar-refractivity contribution in [1.82, 2.24) is 30.3 Å². The predicted octanol–water partition coefficient (Wildman–Crippen LogP) is 2.52. The van der Waals surface area contributed by atoms with Gasteiger partial charge in [-0.3, -0.25) is 9.67 Å². The summed E-state index contributed by atoms with van der Waals surface area (Å²) in [5.74, 6) is 1.69. The zero-order valence-corrected chi connectivity index (χ0v) is 21.1. The highest BCUT2D eigenvalue weighted by atomic mass is 127. The second kappa shape index (κ2) is 11.7. The van der Waals surface area contributed by atoms with Crippen molar-refractivity contribution in [3.63, 3.8) is 0 Å². The van der Waals surface area contributed by atoms with Crippen molar-refractivity contribution < 1.29 is 0 Å². The van der Waals surface area contributed by atoms with Crippen molar-refractivity contribution in [3.05, 3.63) is 41.3 Å². The van der Waals surface area contributed by atoms with E-state index in [1.165, 1.54) is 0 Å². The average molecular weight is 547 g/mol. The summed E-state index contributed by atoms with van der Waals surface area (Å²) in [5.41, 5.74) is 1.16. The maximum Gasteiger partial charge on any atom is 0.191 e. The van der Waals surface area contributed by atoms with Crippen LogP contribution in [-0.2, 0) is 7.05 Å². The van der Waals surface area contributed by atoms with Crippen LogP contribution in [0.1, 0.15) is 24.9 Å². The van der Waals surface area contributed by atoms with Crippen LogP contribution in [0.5, 0.6) is 0 Å². The summed E-state index contributed by atoms with van der Waals surface area (Å²) in [6, 6.07) is 4.21. The Morgan fingerprint density at radius 1 is 1.43 bits per heavy atom. The van der Waals surface area contributed by atoms with Gasteiger partial charge in [0.05, 0.1) is 23.8 Å². The first kappa shape index (κ1) is 24.7. The molecule has 0 bridgehead atoms. The minimum atomic E-state index is 0. The van der Waals surface area contributed by atoms with Gasteiger partial charge in [-0.2, -0.15) is 5.10 Å². The zero-order chi connectivity index (χ0) is 20.8. The molecule has 2 aromatic rings. The Hall–Kier alpha value is -1.59. The van der Waals surface area contributed by atoms with Crippen molar-refractivity contribution in [2.24, 2.45) is 12.0 Å². The number of hydrogen-bond donors (Lipinski definition) is 2. The summed E-state index contributed by atoms with van der Waals surface area (Å²) in [6.45, 7) is 5.31. The number of anilines is 1. The van der Waals surface area contributed by atoms with Crippen LogP contribution in [-0.4, -0.2) is 71.9 Å². The van der Waals surface area contributed by atoms with Gasteiger partial charge < -0.3 is 20.4 Å². The largest absolute Gasteiger partial charge is 0.357 e. The molecule has 0 radical (unpaired) electrons. The number of aromatic nitrogens is 3. The molecule has 0 saturated carbocycles. The van der Waals surface area contributed by atoms with E-state index in [2.05, 4.69) is 51.5 Å². The normalized spacial score (nSPS) is 17.7. The van der Waals surface area contributed by atoms with Gasteiger partial charge in [0, 0.05) is 50.7 Å². The van der Waals surface area contributed by atoms with E-state index in [9.17, 15) is 0 Å². The van der Waals surface area contributed by atoms with E-state index < -0.39 is 0 Å². The first-order chi connectivity index (χ1) is 14.0. The Kier molecular flexibility index (Phi) is 9.63. The molecule has 1 aliphatic rings. The Balaban J connectivity index is 0.00000320. The third kappa shape index (κ3) is 6.45. The van der Waals surface area contributed by atoms with Gasteiger partial charge in [-0.25, -0.2) is 4.98 Å². The molecule has 10 heteroatoms. The van der Waals surface area contributed by atoms with Gasteiger partial charge in [0.1, 0.15) is 5.82 Å². The van der Waals surface area contributed by atoms with Gasteiger partial charge in [0.15, 0.2) is 5.96 Å². The van der Waals surface area contributed by atoms with E-state index in [-0.39, 0.29) is 30.0 Å². The summed E-state index contributed by atoms with van der Waals surface area (Å²) in [5, 5.41) is 11.9. The third-order valence-corrected chi connectivity index (χ3v) is 5.36. The van der Waals surface area contributed by atoms with Gasteiger partial charge in [-0.15, -0.1) is 24.0 Å². The molecule has 2 unspecified atom stereocenters. The lowest BCUT2D eigenvalue weighted by Gasteiger charge is -2.23. The fraction of sp³-hybridized carbons (Fsp3) is 0.550. The third-order valence-electron chi connectivity index (χ3n) is 5.07. The van der Waals surface area contributed by atoms with Crippen LogP contribution in [0.15, 0.2) is 35.7 Å². The number of pyridine rings is 1. The molecule has 0 amide bonds. The molecule has 8 nitrogen and oxygen atoms in total. The number of nitrogens with one attached hydrogen (secondary N) is 2. The number of likely N-dealkylation sites (N-methyl/N-ethyl adjacent to an activating group) is 1. The van der Waals surface area contributed by atoms with Gasteiger partial charge >= 0.3 is 0 Å². The lowest BCUT2D eigenvalue weighted by atomic mass is 10.1. The van der Waals surface area contributed by atoms with Crippen molar-refractivity contribution in [2.75, 3.05) is 45.2 Å². The number of guanidine groups is 1. The highest BCUT2D eigenvalue weighted by Gasteiger charge is 2.25. The van der Waals surface area contributed by atoms with Gasteiger partial charge in [0.25, 0.3) is 0 Å². The fourth-order valence-corrected chi connectivity index (χ4v) is 3.79. The summed E-state index contributed by atoms with van der Waals surface area (Å²) in [4.78, 5) is 13.7. The number of nitrogens with zero attached hydrogens (tertiary/aromatic N) is 6. The number of aliphatic imine (C=N–C) groups is 1. The average Bonchev–Trinajstić information content (AvgIpc) is 3.31. The maximum atomic E-state index is 6.31. The molecule has 0 spiro atoms. The van der Waals surface area contributed by atoms with Gasteiger partial charge in [0.2, 0.25) is 0 Å². The molecule has 2 aromatic heterocycles. The molecule has 3 heterocycles. The van der Waals surface area contributed by atoms with Crippen LogP contribution in [0.3, 0.4) is 0 Å². The van der Waals surface area contributed by atoms with Crippen LogP contribution in [0.4, 0.5) is 5.82 Å².